The first-order chi connectivity index (χ1) is 19.0. The predicted octanol–water partition coefficient (Wildman–Crippen LogP) is 7.24. The van der Waals surface area contributed by atoms with Crippen molar-refractivity contribution in [1.29, 1.82) is 0 Å². The first kappa shape index (κ1) is 30.0. The highest BCUT2D eigenvalue weighted by Gasteiger charge is 2.37. The summed E-state index contributed by atoms with van der Waals surface area (Å²) in [5, 5.41) is 2.35. The van der Waals surface area contributed by atoms with Crippen LogP contribution in [0.3, 0.4) is 0 Å². The Morgan fingerprint density at radius 1 is 0.659 bits per heavy atom. The van der Waals surface area contributed by atoms with Crippen LogP contribution >= 0.6 is 0 Å². The fourth-order valence-electron chi connectivity index (χ4n) is 4.51. The SMILES string of the molecule is CC(C)(C)c1ccc(C(=O)N2CCN(c3ccc(NC(=O)c4cc(C(F)(F)F)cc(C(F)(F)F)c4)cc3)CC2)cc1. The summed E-state index contributed by atoms with van der Waals surface area (Å²) in [7, 11) is 0. The zero-order valence-electron chi connectivity index (χ0n) is 22.7. The van der Waals surface area contributed by atoms with Crippen molar-refractivity contribution in [2.75, 3.05) is 36.4 Å². The molecule has 0 aliphatic carbocycles. The van der Waals surface area contributed by atoms with E-state index in [0.717, 1.165) is 11.3 Å². The molecule has 0 bridgehead atoms. The number of hydrogen-bond donors (Lipinski definition) is 1. The lowest BCUT2D eigenvalue weighted by molar-refractivity contribution is -0.143. The summed E-state index contributed by atoms with van der Waals surface area (Å²) in [5.41, 5.74) is -1.14. The van der Waals surface area contributed by atoms with Gasteiger partial charge in [0.15, 0.2) is 0 Å². The molecular weight excluding hydrogens is 548 g/mol. The topological polar surface area (TPSA) is 52.7 Å². The van der Waals surface area contributed by atoms with E-state index in [1.807, 2.05) is 29.2 Å². The van der Waals surface area contributed by atoms with Crippen molar-refractivity contribution in [3.63, 3.8) is 0 Å². The monoisotopic (exact) mass is 577 g/mol. The van der Waals surface area contributed by atoms with Crippen molar-refractivity contribution < 1.29 is 35.9 Å². The minimum atomic E-state index is -5.05. The molecule has 3 aromatic rings. The first-order valence-corrected chi connectivity index (χ1v) is 12.9. The molecule has 41 heavy (non-hydrogen) atoms. The van der Waals surface area contributed by atoms with Crippen LogP contribution in [0, 0.1) is 0 Å². The normalized spacial score (nSPS) is 14.7. The van der Waals surface area contributed by atoms with Crippen LogP contribution in [0.4, 0.5) is 37.7 Å². The molecule has 0 saturated carbocycles. The standard InChI is InChI=1S/C30H29F6N3O2/c1-28(2,3)21-6-4-19(5-7-21)27(41)39-14-12-38(13-15-39)25-10-8-24(9-11-25)37-26(40)20-16-22(29(31,32)33)18-23(17-20)30(34,35)36/h4-11,16-18H,12-15H2,1-3H3,(H,37,40). The lowest BCUT2D eigenvalue weighted by Crippen LogP contribution is -2.48. The van der Waals surface area contributed by atoms with Gasteiger partial charge in [-0.3, -0.25) is 9.59 Å². The van der Waals surface area contributed by atoms with Gasteiger partial charge in [0, 0.05) is 48.7 Å². The number of carbonyl (C=O) groups excluding carboxylic acids is 2. The van der Waals surface area contributed by atoms with E-state index in [0.29, 0.717) is 43.9 Å². The molecule has 3 aromatic carbocycles. The summed E-state index contributed by atoms with van der Waals surface area (Å²) in [4.78, 5) is 29.3. The smallest absolute Gasteiger partial charge is 0.368 e. The second kappa shape index (κ2) is 11.1. The van der Waals surface area contributed by atoms with E-state index in [4.69, 9.17) is 0 Å². The van der Waals surface area contributed by atoms with E-state index in [-0.39, 0.29) is 23.1 Å². The lowest BCUT2D eigenvalue weighted by atomic mass is 9.86. The minimum absolute atomic E-state index is 0.0135. The summed E-state index contributed by atoms with van der Waals surface area (Å²) in [6.45, 7) is 8.42. The molecule has 1 aliphatic rings. The zero-order chi connectivity index (χ0) is 30.2. The van der Waals surface area contributed by atoms with Crippen LogP contribution in [0.1, 0.15) is 58.2 Å². The molecule has 1 fully saturated rings. The van der Waals surface area contributed by atoms with E-state index in [1.54, 1.807) is 17.0 Å². The van der Waals surface area contributed by atoms with Crippen LogP contribution in [0.5, 0.6) is 0 Å². The summed E-state index contributed by atoms with van der Waals surface area (Å²) < 4.78 is 78.8. The van der Waals surface area contributed by atoms with Crippen molar-refractivity contribution in [2.24, 2.45) is 0 Å². The Morgan fingerprint density at radius 2 is 1.17 bits per heavy atom. The summed E-state index contributed by atoms with van der Waals surface area (Å²) in [5.74, 6) is -1.15. The largest absolute Gasteiger partial charge is 0.416 e. The number of piperazine rings is 1. The highest BCUT2D eigenvalue weighted by atomic mass is 19.4. The molecule has 0 radical (unpaired) electrons. The molecule has 0 aromatic heterocycles. The fraction of sp³-hybridized carbons (Fsp3) is 0.333. The molecule has 1 saturated heterocycles. The third kappa shape index (κ3) is 7.20. The average Bonchev–Trinajstić information content (AvgIpc) is 2.91. The minimum Gasteiger partial charge on any atom is -0.368 e. The third-order valence-corrected chi connectivity index (χ3v) is 6.90. The van der Waals surface area contributed by atoms with Gasteiger partial charge in [0.25, 0.3) is 11.8 Å². The Labute approximate surface area is 233 Å². The Hall–Kier alpha value is -4.02. The highest BCUT2D eigenvalue weighted by Crippen LogP contribution is 2.36. The van der Waals surface area contributed by atoms with E-state index in [2.05, 4.69) is 26.1 Å². The molecule has 0 spiro atoms. The summed E-state index contributed by atoms with van der Waals surface area (Å²) in [6, 6.07) is 14.8. The first-order valence-electron chi connectivity index (χ1n) is 12.9. The lowest BCUT2D eigenvalue weighted by Gasteiger charge is -2.36. The van der Waals surface area contributed by atoms with Crippen LogP contribution in [-0.4, -0.2) is 42.9 Å². The van der Waals surface area contributed by atoms with E-state index >= 15 is 0 Å². The molecule has 1 aliphatic heterocycles. The van der Waals surface area contributed by atoms with Crippen LogP contribution in [0.25, 0.3) is 0 Å². The van der Waals surface area contributed by atoms with Crippen molar-refractivity contribution in [3.05, 3.63) is 94.5 Å². The molecule has 4 rings (SSSR count). The van der Waals surface area contributed by atoms with E-state index in [1.165, 1.54) is 12.1 Å². The predicted molar refractivity (Wildman–Crippen MR) is 144 cm³/mol. The third-order valence-electron chi connectivity index (χ3n) is 6.90. The molecule has 1 heterocycles. The van der Waals surface area contributed by atoms with Crippen molar-refractivity contribution in [1.82, 2.24) is 4.90 Å². The number of alkyl halides is 6. The molecular formula is C30H29F6N3O2. The van der Waals surface area contributed by atoms with Gasteiger partial charge in [0.1, 0.15) is 0 Å². The number of nitrogens with zero attached hydrogens (tertiary/aromatic N) is 2. The van der Waals surface area contributed by atoms with Gasteiger partial charge >= 0.3 is 12.4 Å². The summed E-state index contributed by atoms with van der Waals surface area (Å²) in [6.07, 6.45) is -10.1. The van der Waals surface area contributed by atoms with Gasteiger partial charge in [-0.25, -0.2) is 0 Å². The highest BCUT2D eigenvalue weighted by molar-refractivity contribution is 6.04. The van der Waals surface area contributed by atoms with Crippen molar-refractivity contribution >= 4 is 23.2 Å². The molecule has 218 valence electrons. The molecule has 5 nitrogen and oxygen atoms in total. The quantitative estimate of drug-likeness (QED) is 0.333. The maximum Gasteiger partial charge on any atom is 0.416 e. The Balaban J connectivity index is 1.38. The Kier molecular flexibility index (Phi) is 8.11. The van der Waals surface area contributed by atoms with E-state index in [9.17, 15) is 35.9 Å². The number of hydrogen-bond acceptors (Lipinski definition) is 3. The van der Waals surface area contributed by atoms with Gasteiger partial charge in [-0.05, 0) is 65.6 Å². The number of amides is 2. The zero-order valence-corrected chi connectivity index (χ0v) is 22.7. The molecule has 1 N–H and O–H groups in total. The van der Waals surface area contributed by atoms with Gasteiger partial charge in [-0.15, -0.1) is 0 Å². The van der Waals surface area contributed by atoms with E-state index < -0.39 is 35.0 Å². The second-order valence-corrected chi connectivity index (χ2v) is 10.9. The number of benzene rings is 3. The van der Waals surface area contributed by atoms with Crippen LogP contribution in [-0.2, 0) is 17.8 Å². The number of halogens is 6. The Morgan fingerprint density at radius 3 is 1.63 bits per heavy atom. The van der Waals surface area contributed by atoms with Crippen LogP contribution < -0.4 is 10.2 Å². The number of anilines is 2. The van der Waals surface area contributed by atoms with Gasteiger partial charge in [-0.1, -0.05) is 32.9 Å². The van der Waals surface area contributed by atoms with Gasteiger partial charge in [0.2, 0.25) is 0 Å². The van der Waals surface area contributed by atoms with Gasteiger partial charge in [0.05, 0.1) is 11.1 Å². The number of nitrogens with one attached hydrogen (secondary N) is 1. The molecule has 0 unspecified atom stereocenters. The maximum absolute atomic E-state index is 13.1. The van der Waals surface area contributed by atoms with Crippen LogP contribution in [0.2, 0.25) is 0 Å². The maximum atomic E-state index is 13.1. The number of carbonyl (C=O) groups is 2. The van der Waals surface area contributed by atoms with Crippen LogP contribution in [0.15, 0.2) is 66.7 Å². The Bertz CT molecular complexity index is 1370. The summed E-state index contributed by atoms with van der Waals surface area (Å²) >= 11 is 0. The molecule has 0 atom stereocenters. The van der Waals surface area contributed by atoms with Crippen molar-refractivity contribution in [2.45, 2.75) is 38.5 Å². The average molecular weight is 578 g/mol. The molecule has 11 heteroatoms. The fourth-order valence-corrected chi connectivity index (χ4v) is 4.51. The molecule has 2 amide bonds. The van der Waals surface area contributed by atoms with Crippen molar-refractivity contribution in [3.8, 4) is 0 Å². The number of rotatable bonds is 4. The van der Waals surface area contributed by atoms with Gasteiger partial charge in [-0.2, -0.15) is 26.3 Å². The second-order valence-electron chi connectivity index (χ2n) is 10.9. The van der Waals surface area contributed by atoms with Gasteiger partial charge < -0.3 is 15.1 Å².